The highest BCUT2D eigenvalue weighted by atomic mass is 79.9. The van der Waals surface area contributed by atoms with E-state index in [1.165, 1.54) is 0 Å². The first-order chi connectivity index (χ1) is 8.97. The van der Waals surface area contributed by atoms with Crippen molar-refractivity contribution in [3.05, 3.63) is 71.5 Å². The van der Waals surface area contributed by atoms with Gasteiger partial charge in [0.05, 0.1) is 17.7 Å². The molecule has 0 atom stereocenters. The number of aromatic nitrogens is 2. The number of hydrogen-bond donors (Lipinski definition) is 1. The molecule has 0 bridgehead atoms. The molecule has 1 heterocycles. The van der Waals surface area contributed by atoms with Crippen molar-refractivity contribution in [2.24, 2.45) is 0 Å². The van der Waals surface area contributed by atoms with Gasteiger partial charge in [-0.2, -0.15) is 0 Å². The van der Waals surface area contributed by atoms with E-state index in [9.17, 15) is 19.7 Å². The third-order valence-electron chi connectivity index (χ3n) is 2.45. The predicted molar refractivity (Wildman–Crippen MR) is 71.2 cm³/mol. The molecule has 1 aromatic carbocycles. The Labute approximate surface area is 114 Å². The van der Waals surface area contributed by atoms with Gasteiger partial charge in [0.15, 0.2) is 0 Å². The van der Waals surface area contributed by atoms with Crippen LogP contribution in [0.4, 0.5) is 5.69 Å². The molecule has 98 valence electrons. The number of rotatable bonds is 3. The first kappa shape index (κ1) is 13.2. The van der Waals surface area contributed by atoms with Crippen LogP contribution in [-0.4, -0.2) is 14.5 Å². The van der Waals surface area contributed by atoms with Crippen LogP contribution in [0, 0.1) is 10.1 Å². The third kappa shape index (κ3) is 2.97. The number of nitrogens with one attached hydrogen (secondary N) is 1. The summed E-state index contributed by atoms with van der Waals surface area (Å²) >= 11 is 3.28. The number of benzene rings is 1. The van der Waals surface area contributed by atoms with E-state index in [4.69, 9.17) is 0 Å². The summed E-state index contributed by atoms with van der Waals surface area (Å²) in [4.78, 5) is 34.5. The van der Waals surface area contributed by atoms with Gasteiger partial charge in [-0.15, -0.1) is 0 Å². The molecule has 0 radical (unpaired) electrons. The summed E-state index contributed by atoms with van der Waals surface area (Å²) in [5.74, 6) is 0. The third-order valence-corrected chi connectivity index (χ3v) is 2.98. The summed E-state index contributed by atoms with van der Waals surface area (Å²) in [5, 5.41) is 10.6. The molecule has 1 N–H and O–H groups in total. The van der Waals surface area contributed by atoms with E-state index >= 15 is 0 Å². The molecule has 8 heteroatoms. The van der Waals surface area contributed by atoms with E-state index in [-0.39, 0.29) is 6.54 Å². The standard InChI is InChI=1S/C11H8BrN3O4/c12-8-3-1-7(2-4-8)5-14-6-9(15(18)19)10(16)13-11(14)17/h1-4,6H,5H2,(H,13,16,17). The Hall–Kier alpha value is -2.22. The Morgan fingerprint density at radius 2 is 1.89 bits per heavy atom. The number of nitrogens with zero attached hydrogens (tertiary/aromatic N) is 2. The van der Waals surface area contributed by atoms with Gasteiger partial charge in [0.1, 0.15) is 0 Å². The van der Waals surface area contributed by atoms with Crippen LogP contribution in [0.3, 0.4) is 0 Å². The van der Waals surface area contributed by atoms with Crippen molar-refractivity contribution in [2.75, 3.05) is 0 Å². The second-order valence-corrected chi connectivity index (χ2v) is 4.70. The van der Waals surface area contributed by atoms with Gasteiger partial charge in [0.25, 0.3) is 0 Å². The van der Waals surface area contributed by atoms with Crippen molar-refractivity contribution in [3.63, 3.8) is 0 Å². The van der Waals surface area contributed by atoms with Crippen LogP contribution in [0.1, 0.15) is 5.56 Å². The zero-order chi connectivity index (χ0) is 14.0. The van der Waals surface area contributed by atoms with Gasteiger partial charge >= 0.3 is 16.9 Å². The number of H-pyrrole nitrogens is 1. The number of halogens is 1. The van der Waals surface area contributed by atoms with E-state index in [1.54, 1.807) is 24.3 Å². The topological polar surface area (TPSA) is 98.0 Å². The van der Waals surface area contributed by atoms with Crippen molar-refractivity contribution >= 4 is 21.6 Å². The summed E-state index contributed by atoms with van der Waals surface area (Å²) in [6.45, 7) is 0.143. The average Bonchev–Trinajstić information content (AvgIpc) is 2.34. The van der Waals surface area contributed by atoms with Crippen molar-refractivity contribution < 1.29 is 4.92 Å². The van der Waals surface area contributed by atoms with Crippen LogP contribution in [0.25, 0.3) is 0 Å². The highest BCUT2D eigenvalue weighted by Crippen LogP contribution is 2.11. The van der Waals surface area contributed by atoms with Crippen LogP contribution >= 0.6 is 15.9 Å². The highest BCUT2D eigenvalue weighted by Gasteiger charge is 2.14. The summed E-state index contributed by atoms with van der Waals surface area (Å²) in [5.41, 5.74) is -1.55. The maximum Gasteiger partial charge on any atom is 0.350 e. The smallest absolute Gasteiger partial charge is 0.289 e. The Morgan fingerprint density at radius 3 is 2.47 bits per heavy atom. The van der Waals surface area contributed by atoms with Crippen molar-refractivity contribution in [1.82, 2.24) is 9.55 Å². The number of aromatic amines is 1. The quantitative estimate of drug-likeness (QED) is 0.678. The van der Waals surface area contributed by atoms with E-state index in [0.29, 0.717) is 0 Å². The second kappa shape index (κ2) is 5.19. The molecule has 0 aliphatic carbocycles. The van der Waals surface area contributed by atoms with Crippen LogP contribution in [-0.2, 0) is 6.54 Å². The molecule has 1 aromatic heterocycles. The van der Waals surface area contributed by atoms with Crippen LogP contribution in [0.15, 0.2) is 44.5 Å². The average molecular weight is 326 g/mol. The molecule has 0 aliphatic rings. The molecule has 0 spiro atoms. The van der Waals surface area contributed by atoms with Gasteiger partial charge in [-0.1, -0.05) is 28.1 Å². The fraction of sp³-hybridized carbons (Fsp3) is 0.0909. The monoisotopic (exact) mass is 325 g/mol. The minimum Gasteiger partial charge on any atom is -0.289 e. The molecule has 0 unspecified atom stereocenters. The fourth-order valence-electron chi connectivity index (χ4n) is 1.53. The van der Waals surface area contributed by atoms with E-state index in [1.807, 2.05) is 4.98 Å². The highest BCUT2D eigenvalue weighted by molar-refractivity contribution is 9.10. The van der Waals surface area contributed by atoms with E-state index in [2.05, 4.69) is 15.9 Å². The van der Waals surface area contributed by atoms with Gasteiger partial charge in [0.2, 0.25) is 0 Å². The van der Waals surface area contributed by atoms with Crippen molar-refractivity contribution in [2.45, 2.75) is 6.54 Å². The summed E-state index contributed by atoms with van der Waals surface area (Å²) in [7, 11) is 0. The maximum atomic E-state index is 11.6. The van der Waals surface area contributed by atoms with Gasteiger partial charge in [-0.05, 0) is 17.7 Å². The summed E-state index contributed by atoms with van der Waals surface area (Å²) in [6, 6.07) is 7.13. The molecule has 2 aromatic rings. The molecule has 7 nitrogen and oxygen atoms in total. The summed E-state index contributed by atoms with van der Waals surface area (Å²) in [6.07, 6.45) is 0.948. The van der Waals surface area contributed by atoms with Gasteiger partial charge in [0, 0.05) is 4.47 Å². The van der Waals surface area contributed by atoms with Gasteiger partial charge < -0.3 is 0 Å². The van der Waals surface area contributed by atoms with E-state index in [0.717, 1.165) is 20.8 Å². The summed E-state index contributed by atoms with van der Waals surface area (Å²) < 4.78 is 1.97. The Morgan fingerprint density at radius 1 is 1.26 bits per heavy atom. The zero-order valence-corrected chi connectivity index (χ0v) is 11.1. The first-order valence-electron chi connectivity index (χ1n) is 5.20. The largest absolute Gasteiger partial charge is 0.350 e. The Balaban J connectivity index is 2.43. The Bertz CT molecular complexity index is 733. The minimum atomic E-state index is -0.998. The molecule has 0 amide bonds. The molecular formula is C11H8BrN3O4. The second-order valence-electron chi connectivity index (χ2n) is 3.79. The SMILES string of the molecule is O=c1[nH]c(=O)n(Cc2ccc(Br)cc2)cc1[N+](=O)[O-]. The molecule has 0 aliphatic heterocycles. The molecule has 0 saturated heterocycles. The number of hydrogen-bond acceptors (Lipinski definition) is 4. The zero-order valence-electron chi connectivity index (χ0n) is 9.50. The van der Waals surface area contributed by atoms with Crippen LogP contribution in [0.2, 0.25) is 0 Å². The normalized spacial score (nSPS) is 10.4. The predicted octanol–water partition coefficient (Wildman–Crippen LogP) is 1.26. The minimum absolute atomic E-state index is 0.143. The molecule has 19 heavy (non-hydrogen) atoms. The molecule has 2 rings (SSSR count). The molecule has 0 saturated carbocycles. The molecular weight excluding hydrogens is 318 g/mol. The van der Waals surface area contributed by atoms with Gasteiger partial charge in [-0.25, -0.2) is 4.79 Å². The first-order valence-corrected chi connectivity index (χ1v) is 5.99. The Kier molecular flexibility index (Phi) is 3.61. The van der Waals surface area contributed by atoms with Crippen molar-refractivity contribution in [3.8, 4) is 0 Å². The fourth-order valence-corrected chi connectivity index (χ4v) is 1.80. The van der Waals surface area contributed by atoms with Crippen LogP contribution < -0.4 is 11.2 Å². The van der Waals surface area contributed by atoms with Crippen LogP contribution in [0.5, 0.6) is 0 Å². The molecule has 0 fully saturated rings. The van der Waals surface area contributed by atoms with E-state index < -0.39 is 21.9 Å². The van der Waals surface area contributed by atoms with Gasteiger partial charge in [-0.3, -0.25) is 24.5 Å². The van der Waals surface area contributed by atoms with Crippen molar-refractivity contribution in [1.29, 1.82) is 0 Å². The lowest BCUT2D eigenvalue weighted by molar-refractivity contribution is -0.386. The number of nitro groups is 1. The lowest BCUT2D eigenvalue weighted by Gasteiger charge is -2.04. The maximum absolute atomic E-state index is 11.6. The lowest BCUT2D eigenvalue weighted by Crippen LogP contribution is -2.31. The lowest BCUT2D eigenvalue weighted by atomic mass is 10.2.